The van der Waals surface area contributed by atoms with Gasteiger partial charge >= 0.3 is 0 Å². The number of hydrogen-bond acceptors (Lipinski definition) is 3. The molecule has 0 unspecified atom stereocenters. The summed E-state index contributed by atoms with van der Waals surface area (Å²) in [6.45, 7) is 5.07. The third-order valence-corrected chi connectivity index (χ3v) is 6.79. The van der Waals surface area contributed by atoms with E-state index < -0.39 is 0 Å². The maximum atomic E-state index is 13.0. The quantitative estimate of drug-likeness (QED) is 0.803. The van der Waals surface area contributed by atoms with E-state index in [2.05, 4.69) is 13.0 Å². The molecule has 1 heterocycles. The van der Waals surface area contributed by atoms with Crippen molar-refractivity contribution in [3.63, 3.8) is 0 Å². The summed E-state index contributed by atoms with van der Waals surface area (Å²) in [4.78, 5) is 28.7. The van der Waals surface area contributed by atoms with Crippen LogP contribution in [-0.2, 0) is 16.1 Å². The van der Waals surface area contributed by atoms with Crippen molar-refractivity contribution in [2.45, 2.75) is 64.1 Å². The first-order valence-electron chi connectivity index (χ1n) is 10.2. The largest absolute Gasteiger partial charge is 0.485 e. The van der Waals surface area contributed by atoms with Gasteiger partial charge in [0.1, 0.15) is 11.4 Å². The van der Waals surface area contributed by atoms with Crippen LogP contribution in [0.1, 0.15) is 51.5 Å². The average molecular weight is 370 g/mol. The van der Waals surface area contributed by atoms with Gasteiger partial charge in [-0.2, -0.15) is 0 Å². The SMILES string of the molecule is CC(=O)N(C)C1CCC2(CC1)CN(C(=O)[C@H]1C[C@H]1C)Cc1ccccc1O2. The van der Waals surface area contributed by atoms with Crippen LogP contribution in [0.2, 0.25) is 0 Å². The number of hydrogen-bond donors (Lipinski definition) is 0. The maximum Gasteiger partial charge on any atom is 0.226 e. The molecule has 2 amide bonds. The molecule has 4 rings (SSSR count). The number of carbonyl (C=O) groups excluding carboxylic acids is 2. The number of para-hydroxylation sites is 1. The standard InChI is InChI=1S/C22H30N2O3/c1-15-12-19(15)21(26)24-13-17-6-4-5-7-20(17)27-22(14-24)10-8-18(9-11-22)23(3)16(2)25/h4-7,15,18-19H,8-14H2,1-3H3/t15-,18?,19+,22?/m1/s1. The minimum atomic E-state index is -0.339. The summed E-state index contributed by atoms with van der Waals surface area (Å²) in [7, 11) is 1.89. The Morgan fingerprint density at radius 3 is 2.52 bits per heavy atom. The van der Waals surface area contributed by atoms with Crippen LogP contribution in [0, 0.1) is 11.8 Å². The van der Waals surface area contributed by atoms with Gasteiger partial charge in [0.15, 0.2) is 0 Å². The van der Waals surface area contributed by atoms with Gasteiger partial charge in [-0.3, -0.25) is 9.59 Å². The number of carbonyl (C=O) groups is 2. The number of benzene rings is 1. The zero-order valence-electron chi connectivity index (χ0n) is 16.6. The van der Waals surface area contributed by atoms with Crippen molar-refractivity contribution in [3.05, 3.63) is 29.8 Å². The number of amides is 2. The van der Waals surface area contributed by atoms with Crippen molar-refractivity contribution >= 4 is 11.8 Å². The Kier molecular flexibility index (Phi) is 4.65. The van der Waals surface area contributed by atoms with Crippen molar-refractivity contribution in [3.8, 4) is 5.75 Å². The lowest BCUT2D eigenvalue weighted by molar-refractivity contribution is -0.137. The summed E-state index contributed by atoms with van der Waals surface area (Å²) in [5, 5.41) is 0. The van der Waals surface area contributed by atoms with E-state index in [1.165, 1.54) is 0 Å². The van der Waals surface area contributed by atoms with Crippen molar-refractivity contribution < 1.29 is 14.3 Å². The number of nitrogens with zero attached hydrogens (tertiary/aromatic N) is 2. The molecule has 1 aromatic rings. The van der Waals surface area contributed by atoms with Gasteiger partial charge in [-0.05, 0) is 44.1 Å². The monoisotopic (exact) mass is 370 g/mol. The van der Waals surface area contributed by atoms with E-state index in [9.17, 15) is 9.59 Å². The highest BCUT2D eigenvalue weighted by Gasteiger charge is 2.47. The summed E-state index contributed by atoms with van der Waals surface area (Å²) < 4.78 is 6.58. The molecule has 1 spiro atoms. The summed E-state index contributed by atoms with van der Waals surface area (Å²) in [6.07, 6.45) is 4.58. The Morgan fingerprint density at radius 1 is 1.22 bits per heavy atom. The highest BCUT2D eigenvalue weighted by atomic mass is 16.5. The Bertz CT molecular complexity index is 739. The summed E-state index contributed by atoms with van der Waals surface area (Å²) in [5.41, 5.74) is 0.758. The average Bonchev–Trinajstić information content (AvgIpc) is 3.41. The van der Waals surface area contributed by atoms with Crippen LogP contribution in [0.5, 0.6) is 5.75 Å². The van der Waals surface area contributed by atoms with Crippen molar-refractivity contribution in [2.75, 3.05) is 13.6 Å². The molecule has 3 aliphatic rings. The van der Waals surface area contributed by atoms with E-state index >= 15 is 0 Å². The number of rotatable bonds is 2. The highest BCUT2D eigenvalue weighted by Crippen LogP contribution is 2.43. The predicted molar refractivity (Wildman–Crippen MR) is 103 cm³/mol. The van der Waals surface area contributed by atoms with Crippen LogP contribution >= 0.6 is 0 Å². The van der Waals surface area contributed by atoms with Crippen molar-refractivity contribution in [1.29, 1.82) is 0 Å². The normalized spacial score (nSPS) is 32.3. The first-order chi connectivity index (χ1) is 12.9. The van der Waals surface area contributed by atoms with E-state index in [-0.39, 0.29) is 29.4 Å². The van der Waals surface area contributed by atoms with E-state index in [1.54, 1.807) is 6.92 Å². The minimum Gasteiger partial charge on any atom is -0.485 e. The van der Waals surface area contributed by atoms with Gasteiger partial charge in [0.25, 0.3) is 0 Å². The molecule has 5 heteroatoms. The number of fused-ring (bicyclic) bond motifs is 1. The highest BCUT2D eigenvalue weighted by molar-refractivity contribution is 5.82. The maximum absolute atomic E-state index is 13.0. The molecular weight excluding hydrogens is 340 g/mol. The minimum absolute atomic E-state index is 0.114. The summed E-state index contributed by atoms with van der Waals surface area (Å²) in [6, 6.07) is 8.38. The lowest BCUT2D eigenvalue weighted by Gasteiger charge is -2.43. The molecule has 0 bridgehead atoms. The fourth-order valence-electron chi connectivity index (χ4n) is 4.70. The lowest BCUT2D eigenvalue weighted by Crippen LogP contribution is -2.52. The molecular formula is C22H30N2O3. The third kappa shape index (κ3) is 3.56. The molecule has 2 saturated carbocycles. The molecule has 1 aromatic carbocycles. The molecule has 2 fully saturated rings. The van der Waals surface area contributed by atoms with Crippen LogP contribution in [-0.4, -0.2) is 46.8 Å². The van der Waals surface area contributed by atoms with Gasteiger partial charge in [-0.1, -0.05) is 25.1 Å². The van der Waals surface area contributed by atoms with E-state index in [1.807, 2.05) is 35.0 Å². The van der Waals surface area contributed by atoms with Crippen LogP contribution in [0.15, 0.2) is 24.3 Å². The summed E-state index contributed by atoms with van der Waals surface area (Å²) in [5.74, 6) is 2.00. The summed E-state index contributed by atoms with van der Waals surface area (Å²) >= 11 is 0. The molecule has 5 nitrogen and oxygen atoms in total. The number of ether oxygens (including phenoxy) is 1. The molecule has 2 aliphatic carbocycles. The molecule has 146 valence electrons. The Labute approximate surface area is 161 Å². The topological polar surface area (TPSA) is 49.9 Å². The van der Waals surface area contributed by atoms with Crippen LogP contribution in [0.4, 0.5) is 0 Å². The van der Waals surface area contributed by atoms with Crippen molar-refractivity contribution in [1.82, 2.24) is 9.80 Å². The fourth-order valence-corrected chi connectivity index (χ4v) is 4.70. The first kappa shape index (κ1) is 18.3. The zero-order chi connectivity index (χ0) is 19.2. The second-order valence-corrected chi connectivity index (χ2v) is 8.77. The van der Waals surface area contributed by atoms with Gasteiger partial charge in [-0.15, -0.1) is 0 Å². The Hall–Kier alpha value is -2.04. The molecule has 27 heavy (non-hydrogen) atoms. The molecule has 0 saturated heterocycles. The van der Waals surface area contributed by atoms with Gasteiger partial charge in [0.05, 0.1) is 6.54 Å². The second-order valence-electron chi connectivity index (χ2n) is 8.77. The van der Waals surface area contributed by atoms with E-state index in [0.717, 1.165) is 43.4 Å². The third-order valence-electron chi connectivity index (χ3n) is 6.79. The lowest BCUT2D eigenvalue weighted by atomic mass is 9.81. The van der Waals surface area contributed by atoms with Gasteiger partial charge < -0.3 is 14.5 Å². The van der Waals surface area contributed by atoms with Gasteiger partial charge in [-0.25, -0.2) is 0 Å². The molecule has 0 aromatic heterocycles. The zero-order valence-corrected chi connectivity index (χ0v) is 16.6. The van der Waals surface area contributed by atoms with Crippen molar-refractivity contribution in [2.24, 2.45) is 11.8 Å². The molecule has 0 radical (unpaired) electrons. The van der Waals surface area contributed by atoms with Crippen LogP contribution < -0.4 is 4.74 Å². The van der Waals surface area contributed by atoms with Crippen LogP contribution in [0.25, 0.3) is 0 Å². The molecule has 2 atom stereocenters. The fraction of sp³-hybridized carbons (Fsp3) is 0.636. The van der Waals surface area contributed by atoms with Gasteiger partial charge in [0, 0.05) is 38.0 Å². The second kappa shape index (κ2) is 6.84. The van der Waals surface area contributed by atoms with Crippen LogP contribution in [0.3, 0.4) is 0 Å². The first-order valence-corrected chi connectivity index (χ1v) is 10.2. The van der Waals surface area contributed by atoms with E-state index in [4.69, 9.17) is 4.74 Å². The predicted octanol–water partition coefficient (Wildman–Crippen LogP) is 3.22. The smallest absolute Gasteiger partial charge is 0.226 e. The van der Waals surface area contributed by atoms with Gasteiger partial charge in [0.2, 0.25) is 11.8 Å². The Balaban J connectivity index is 1.57. The molecule has 0 N–H and O–H groups in total. The molecule has 1 aliphatic heterocycles. The Morgan fingerprint density at radius 2 is 1.89 bits per heavy atom. The van der Waals surface area contributed by atoms with E-state index in [0.29, 0.717) is 19.0 Å².